The molecule has 0 aromatic heterocycles. The van der Waals surface area contributed by atoms with Gasteiger partial charge >= 0.3 is 0 Å². The number of benzene rings is 1. The molecule has 0 radical (unpaired) electrons. The van der Waals surface area contributed by atoms with Gasteiger partial charge in [-0.15, -0.1) is 0 Å². The van der Waals surface area contributed by atoms with Crippen LogP contribution in [0.25, 0.3) is 0 Å². The molecule has 0 saturated carbocycles. The molecule has 86 valence electrons. The predicted octanol–water partition coefficient (Wildman–Crippen LogP) is 2.10. The molecule has 0 heterocycles. The minimum atomic E-state index is 0.257. The van der Waals surface area contributed by atoms with Crippen molar-refractivity contribution in [2.24, 2.45) is 4.99 Å². The van der Waals surface area contributed by atoms with Gasteiger partial charge in [-0.2, -0.15) is 0 Å². The molecule has 4 heteroatoms. The zero-order chi connectivity index (χ0) is 12.0. The molecule has 0 aliphatic rings. The summed E-state index contributed by atoms with van der Waals surface area (Å²) in [7, 11) is 3.21. The first-order valence-corrected chi connectivity index (χ1v) is 5.04. The molecular formula is C12H15NO3. The van der Waals surface area contributed by atoms with E-state index in [1.807, 2.05) is 19.1 Å². The number of hydrogen-bond donors (Lipinski definition) is 0. The van der Waals surface area contributed by atoms with Gasteiger partial charge in [0, 0.05) is 5.56 Å². The quantitative estimate of drug-likeness (QED) is 0.565. The van der Waals surface area contributed by atoms with Crippen molar-refractivity contribution in [3.05, 3.63) is 23.3 Å². The van der Waals surface area contributed by atoms with Crippen LogP contribution in [-0.2, 0) is 17.8 Å². The van der Waals surface area contributed by atoms with Crippen LogP contribution in [0, 0.1) is 0 Å². The molecule has 0 fully saturated rings. The lowest BCUT2D eigenvalue weighted by atomic mass is 10.1. The predicted molar refractivity (Wildman–Crippen MR) is 60.7 cm³/mol. The third kappa shape index (κ3) is 2.61. The summed E-state index contributed by atoms with van der Waals surface area (Å²) < 4.78 is 10.5. The van der Waals surface area contributed by atoms with Crippen molar-refractivity contribution in [1.82, 2.24) is 0 Å². The minimum absolute atomic E-state index is 0.257. The highest BCUT2D eigenvalue weighted by atomic mass is 16.5. The molecule has 1 rings (SSSR count). The highest BCUT2D eigenvalue weighted by molar-refractivity contribution is 5.47. The molecule has 0 amide bonds. The van der Waals surface area contributed by atoms with Gasteiger partial charge in [-0.25, -0.2) is 9.79 Å². The molecule has 1 aromatic carbocycles. The van der Waals surface area contributed by atoms with Gasteiger partial charge in [0.2, 0.25) is 6.08 Å². The lowest BCUT2D eigenvalue weighted by molar-refractivity contribution is 0.395. The zero-order valence-corrected chi connectivity index (χ0v) is 9.74. The highest BCUT2D eigenvalue weighted by Gasteiger charge is 2.09. The topological polar surface area (TPSA) is 47.9 Å². The van der Waals surface area contributed by atoms with Crippen LogP contribution in [0.4, 0.5) is 0 Å². The summed E-state index contributed by atoms with van der Waals surface area (Å²) in [5, 5.41) is 0. The van der Waals surface area contributed by atoms with Crippen LogP contribution >= 0.6 is 0 Å². The smallest absolute Gasteiger partial charge is 0.235 e. The SMILES string of the molecule is CCc1cc(OC)c(CN=C=O)cc1OC. The summed E-state index contributed by atoms with van der Waals surface area (Å²) in [4.78, 5) is 13.6. The fourth-order valence-corrected chi connectivity index (χ4v) is 1.54. The Hall–Kier alpha value is -1.80. The Kier molecular flexibility index (Phi) is 4.55. The molecule has 1 aromatic rings. The molecule has 0 bridgehead atoms. The van der Waals surface area contributed by atoms with Crippen LogP contribution in [0.3, 0.4) is 0 Å². The van der Waals surface area contributed by atoms with Crippen molar-refractivity contribution in [1.29, 1.82) is 0 Å². The normalized spacial score (nSPS) is 9.44. The summed E-state index contributed by atoms with van der Waals surface area (Å²) in [5.41, 5.74) is 1.89. The number of isocyanates is 1. The van der Waals surface area contributed by atoms with Crippen LogP contribution in [0.15, 0.2) is 17.1 Å². The van der Waals surface area contributed by atoms with Gasteiger partial charge in [-0.05, 0) is 24.1 Å². The van der Waals surface area contributed by atoms with E-state index in [4.69, 9.17) is 9.47 Å². The van der Waals surface area contributed by atoms with Crippen molar-refractivity contribution >= 4 is 6.08 Å². The fraction of sp³-hybridized carbons (Fsp3) is 0.417. The molecule has 0 unspecified atom stereocenters. The van der Waals surface area contributed by atoms with E-state index < -0.39 is 0 Å². The molecule has 0 spiro atoms. The Morgan fingerprint density at radius 3 is 2.25 bits per heavy atom. The Balaban J connectivity index is 3.19. The highest BCUT2D eigenvalue weighted by Crippen LogP contribution is 2.29. The third-order valence-electron chi connectivity index (χ3n) is 2.38. The summed E-state index contributed by atoms with van der Waals surface area (Å²) >= 11 is 0. The fourth-order valence-electron chi connectivity index (χ4n) is 1.54. The van der Waals surface area contributed by atoms with Crippen LogP contribution in [-0.4, -0.2) is 20.3 Å². The molecular weight excluding hydrogens is 206 g/mol. The summed E-state index contributed by atoms with van der Waals surface area (Å²) in [5.74, 6) is 1.51. The molecule has 0 atom stereocenters. The van der Waals surface area contributed by atoms with E-state index in [1.165, 1.54) is 6.08 Å². The first kappa shape index (κ1) is 12.3. The number of hydrogen-bond acceptors (Lipinski definition) is 4. The first-order chi connectivity index (χ1) is 7.76. The molecule has 16 heavy (non-hydrogen) atoms. The monoisotopic (exact) mass is 221 g/mol. The van der Waals surface area contributed by atoms with E-state index >= 15 is 0 Å². The summed E-state index contributed by atoms with van der Waals surface area (Å²) in [6.07, 6.45) is 2.37. The van der Waals surface area contributed by atoms with Gasteiger partial charge in [-0.1, -0.05) is 6.92 Å². The second kappa shape index (κ2) is 5.93. The van der Waals surface area contributed by atoms with Gasteiger partial charge in [0.25, 0.3) is 0 Å². The van der Waals surface area contributed by atoms with Crippen molar-refractivity contribution in [2.75, 3.05) is 14.2 Å². The van der Waals surface area contributed by atoms with E-state index in [-0.39, 0.29) is 6.54 Å². The average molecular weight is 221 g/mol. The van der Waals surface area contributed by atoms with Crippen LogP contribution in [0.2, 0.25) is 0 Å². The summed E-state index contributed by atoms with van der Waals surface area (Å²) in [6, 6.07) is 3.76. The number of nitrogens with zero attached hydrogens (tertiary/aromatic N) is 1. The van der Waals surface area contributed by atoms with E-state index in [0.29, 0.717) is 0 Å². The Morgan fingerprint density at radius 1 is 1.19 bits per heavy atom. The van der Waals surface area contributed by atoms with Crippen LogP contribution in [0.1, 0.15) is 18.1 Å². The van der Waals surface area contributed by atoms with E-state index in [0.717, 1.165) is 29.0 Å². The van der Waals surface area contributed by atoms with Crippen LogP contribution < -0.4 is 9.47 Å². The molecule has 0 saturated heterocycles. The van der Waals surface area contributed by atoms with Gasteiger partial charge in [0.05, 0.1) is 20.8 Å². The number of methoxy groups -OCH3 is 2. The molecule has 0 aliphatic heterocycles. The van der Waals surface area contributed by atoms with Crippen molar-refractivity contribution in [3.8, 4) is 11.5 Å². The van der Waals surface area contributed by atoms with Gasteiger partial charge in [0.1, 0.15) is 11.5 Å². The zero-order valence-electron chi connectivity index (χ0n) is 9.74. The number of carbonyl (C=O) groups excluding carboxylic acids is 1. The van der Waals surface area contributed by atoms with Crippen molar-refractivity contribution < 1.29 is 14.3 Å². The van der Waals surface area contributed by atoms with Crippen molar-refractivity contribution in [2.45, 2.75) is 19.9 Å². The average Bonchev–Trinajstić information content (AvgIpc) is 2.35. The third-order valence-corrected chi connectivity index (χ3v) is 2.38. The second-order valence-electron chi connectivity index (χ2n) is 3.24. The van der Waals surface area contributed by atoms with Gasteiger partial charge in [0.15, 0.2) is 0 Å². The second-order valence-corrected chi connectivity index (χ2v) is 3.24. The summed E-state index contributed by atoms with van der Waals surface area (Å²) in [6.45, 7) is 2.30. The molecule has 0 aliphatic carbocycles. The maximum absolute atomic E-state index is 10.1. The number of ether oxygens (including phenoxy) is 2. The lowest BCUT2D eigenvalue weighted by Crippen LogP contribution is -1.97. The van der Waals surface area contributed by atoms with E-state index in [1.54, 1.807) is 14.2 Å². The maximum Gasteiger partial charge on any atom is 0.235 e. The molecule has 0 N–H and O–H groups in total. The van der Waals surface area contributed by atoms with Gasteiger partial charge < -0.3 is 9.47 Å². The Morgan fingerprint density at radius 2 is 1.75 bits per heavy atom. The lowest BCUT2D eigenvalue weighted by Gasteiger charge is -2.12. The molecule has 4 nitrogen and oxygen atoms in total. The largest absolute Gasteiger partial charge is 0.496 e. The number of aryl methyl sites for hydroxylation is 1. The Labute approximate surface area is 94.9 Å². The van der Waals surface area contributed by atoms with E-state index in [2.05, 4.69) is 4.99 Å². The first-order valence-electron chi connectivity index (χ1n) is 5.04. The van der Waals surface area contributed by atoms with Crippen LogP contribution in [0.5, 0.6) is 11.5 Å². The number of rotatable bonds is 5. The van der Waals surface area contributed by atoms with Gasteiger partial charge in [-0.3, -0.25) is 0 Å². The number of aliphatic imine (C=N–C) groups is 1. The van der Waals surface area contributed by atoms with Crippen molar-refractivity contribution in [3.63, 3.8) is 0 Å². The Bertz CT molecular complexity index is 409. The minimum Gasteiger partial charge on any atom is -0.496 e. The maximum atomic E-state index is 10.1. The van der Waals surface area contributed by atoms with E-state index in [9.17, 15) is 4.79 Å². The standard InChI is InChI=1S/C12H15NO3/c1-4-9-5-12(16-3)10(7-13-8-14)6-11(9)15-2/h5-6H,4,7H2,1-3H3.